The van der Waals surface area contributed by atoms with Crippen LogP contribution in [0.3, 0.4) is 0 Å². The molecule has 0 aliphatic carbocycles. The molecule has 0 bridgehead atoms. The third-order valence-corrected chi connectivity index (χ3v) is 4.46. The van der Waals surface area contributed by atoms with E-state index in [0.29, 0.717) is 27.3 Å². The fourth-order valence-electron chi connectivity index (χ4n) is 2.46. The molecule has 1 heterocycles. The van der Waals surface area contributed by atoms with Crippen molar-refractivity contribution in [3.8, 4) is 11.4 Å². The average Bonchev–Trinajstić information content (AvgIpc) is 3.10. The molecule has 0 unspecified atom stereocenters. The van der Waals surface area contributed by atoms with Gasteiger partial charge in [-0.05, 0) is 42.3 Å². The summed E-state index contributed by atoms with van der Waals surface area (Å²) in [6.07, 6.45) is 0. The molecular formula is C19H17Cl2N3O2. The monoisotopic (exact) mass is 389 g/mol. The normalized spacial score (nSPS) is 12.2. The van der Waals surface area contributed by atoms with E-state index >= 15 is 0 Å². The van der Waals surface area contributed by atoms with Gasteiger partial charge in [-0.15, -0.1) is 0 Å². The highest BCUT2D eigenvalue weighted by molar-refractivity contribution is 6.33. The first-order chi connectivity index (χ1) is 12.5. The van der Waals surface area contributed by atoms with E-state index in [2.05, 4.69) is 15.5 Å². The van der Waals surface area contributed by atoms with E-state index in [9.17, 15) is 4.79 Å². The van der Waals surface area contributed by atoms with Crippen LogP contribution in [0.5, 0.6) is 0 Å². The number of benzene rings is 2. The molecule has 5 nitrogen and oxygen atoms in total. The third kappa shape index (κ3) is 4.06. The molecule has 0 radical (unpaired) electrons. The Morgan fingerprint density at radius 2 is 1.77 bits per heavy atom. The Labute approximate surface area is 161 Å². The average molecular weight is 390 g/mol. The zero-order valence-corrected chi connectivity index (χ0v) is 15.8. The second-order valence-electron chi connectivity index (χ2n) is 6.14. The Hall–Kier alpha value is -2.37. The summed E-state index contributed by atoms with van der Waals surface area (Å²) in [5, 5.41) is 7.95. The van der Waals surface area contributed by atoms with E-state index < -0.39 is 6.04 Å². The molecule has 0 saturated carbocycles. The van der Waals surface area contributed by atoms with Crippen LogP contribution in [0.2, 0.25) is 10.0 Å². The van der Waals surface area contributed by atoms with Gasteiger partial charge in [0.25, 0.3) is 5.91 Å². The maximum Gasteiger partial charge on any atom is 0.253 e. The van der Waals surface area contributed by atoms with Crippen molar-refractivity contribution in [1.29, 1.82) is 0 Å². The van der Waals surface area contributed by atoms with Crippen molar-refractivity contribution >= 4 is 29.1 Å². The van der Waals surface area contributed by atoms with Crippen LogP contribution in [-0.2, 0) is 0 Å². The van der Waals surface area contributed by atoms with E-state index in [1.165, 1.54) is 0 Å². The summed E-state index contributed by atoms with van der Waals surface area (Å²) >= 11 is 12.0. The summed E-state index contributed by atoms with van der Waals surface area (Å²) in [5.41, 5.74) is 1.18. The number of nitrogens with one attached hydrogen (secondary N) is 1. The lowest BCUT2D eigenvalue weighted by atomic mass is 10.0. The Morgan fingerprint density at radius 3 is 2.42 bits per heavy atom. The third-order valence-electron chi connectivity index (χ3n) is 3.88. The Bertz CT molecular complexity index is 907. The molecule has 0 saturated heterocycles. The summed E-state index contributed by atoms with van der Waals surface area (Å²) in [5.74, 6) is 0.528. The zero-order chi connectivity index (χ0) is 18.7. The van der Waals surface area contributed by atoms with Gasteiger partial charge in [-0.25, -0.2) is 0 Å². The molecule has 1 amide bonds. The highest BCUT2D eigenvalue weighted by Crippen LogP contribution is 2.25. The molecule has 26 heavy (non-hydrogen) atoms. The molecule has 1 aromatic heterocycles. The van der Waals surface area contributed by atoms with Gasteiger partial charge in [0.05, 0.1) is 10.6 Å². The Morgan fingerprint density at radius 1 is 1.08 bits per heavy atom. The summed E-state index contributed by atoms with van der Waals surface area (Å²) < 4.78 is 5.40. The van der Waals surface area contributed by atoms with E-state index in [4.69, 9.17) is 27.7 Å². The van der Waals surface area contributed by atoms with Crippen LogP contribution in [0.25, 0.3) is 11.4 Å². The molecular weight excluding hydrogens is 373 g/mol. The van der Waals surface area contributed by atoms with E-state index in [0.717, 1.165) is 5.56 Å². The first-order valence-electron chi connectivity index (χ1n) is 8.10. The number of carbonyl (C=O) groups excluding carboxylic acids is 1. The predicted octanol–water partition coefficient (Wildman–Crippen LogP) is 5.17. The molecule has 134 valence electrons. The SMILES string of the molecule is CC(C)[C@@H](NC(=O)c1ccccc1Cl)c1nc(-c2ccc(Cl)cc2)no1. The number of hydrogen-bond donors (Lipinski definition) is 1. The lowest BCUT2D eigenvalue weighted by Gasteiger charge is -2.18. The standard InChI is InChI=1S/C19H17Cl2N3O2/c1-11(2)16(22-18(25)14-5-3-4-6-15(14)21)19-23-17(24-26-19)12-7-9-13(20)10-8-12/h3-11,16H,1-2H3,(H,22,25)/t16-/m1/s1. The molecule has 2 aromatic carbocycles. The molecule has 1 atom stereocenters. The number of rotatable bonds is 5. The minimum atomic E-state index is -0.438. The smallest absolute Gasteiger partial charge is 0.253 e. The van der Waals surface area contributed by atoms with Crippen LogP contribution < -0.4 is 5.32 Å². The van der Waals surface area contributed by atoms with Crippen molar-refractivity contribution in [3.63, 3.8) is 0 Å². The minimum Gasteiger partial charge on any atom is -0.340 e. The maximum absolute atomic E-state index is 12.6. The topological polar surface area (TPSA) is 68.0 Å². The van der Waals surface area contributed by atoms with Crippen molar-refractivity contribution in [2.24, 2.45) is 5.92 Å². The lowest BCUT2D eigenvalue weighted by molar-refractivity contribution is 0.0914. The lowest BCUT2D eigenvalue weighted by Crippen LogP contribution is -2.32. The van der Waals surface area contributed by atoms with Crippen LogP contribution >= 0.6 is 23.2 Å². The summed E-state index contributed by atoms with van der Waals surface area (Å²) in [6.45, 7) is 3.92. The molecule has 0 spiro atoms. The van der Waals surface area contributed by atoms with Gasteiger partial charge >= 0.3 is 0 Å². The summed E-state index contributed by atoms with van der Waals surface area (Å²) in [7, 11) is 0. The van der Waals surface area contributed by atoms with Crippen LogP contribution in [0, 0.1) is 5.92 Å². The molecule has 0 aliphatic heterocycles. The highest BCUT2D eigenvalue weighted by atomic mass is 35.5. The van der Waals surface area contributed by atoms with Crippen molar-refractivity contribution in [3.05, 3.63) is 70.0 Å². The van der Waals surface area contributed by atoms with Crippen LogP contribution in [0.15, 0.2) is 53.1 Å². The van der Waals surface area contributed by atoms with Gasteiger partial charge in [0.1, 0.15) is 6.04 Å². The molecule has 3 rings (SSSR count). The van der Waals surface area contributed by atoms with Crippen molar-refractivity contribution in [2.45, 2.75) is 19.9 Å². The van der Waals surface area contributed by atoms with Crippen molar-refractivity contribution in [2.75, 3.05) is 0 Å². The fraction of sp³-hybridized carbons (Fsp3) is 0.211. The van der Waals surface area contributed by atoms with E-state index in [1.54, 1.807) is 36.4 Å². The quantitative estimate of drug-likeness (QED) is 0.653. The molecule has 7 heteroatoms. The number of aromatic nitrogens is 2. The zero-order valence-electron chi connectivity index (χ0n) is 14.2. The number of amides is 1. The van der Waals surface area contributed by atoms with E-state index in [1.807, 2.05) is 26.0 Å². The summed E-state index contributed by atoms with van der Waals surface area (Å²) in [6, 6.07) is 13.6. The summed E-state index contributed by atoms with van der Waals surface area (Å²) in [4.78, 5) is 17.0. The van der Waals surface area contributed by atoms with E-state index in [-0.39, 0.29) is 11.8 Å². The number of carbonyl (C=O) groups is 1. The van der Waals surface area contributed by atoms with Gasteiger partial charge in [-0.1, -0.05) is 54.3 Å². The van der Waals surface area contributed by atoms with Gasteiger partial charge in [-0.2, -0.15) is 4.98 Å². The largest absolute Gasteiger partial charge is 0.340 e. The van der Waals surface area contributed by atoms with Crippen molar-refractivity contribution < 1.29 is 9.32 Å². The first-order valence-corrected chi connectivity index (χ1v) is 8.86. The second kappa shape index (κ2) is 7.89. The van der Waals surface area contributed by atoms with Gasteiger partial charge in [-0.3, -0.25) is 4.79 Å². The molecule has 0 fully saturated rings. The van der Waals surface area contributed by atoms with Gasteiger partial charge < -0.3 is 9.84 Å². The highest BCUT2D eigenvalue weighted by Gasteiger charge is 2.26. The Balaban J connectivity index is 1.84. The van der Waals surface area contributed by atoms with Gasteiger partial charge in [0.15, 0.2) is 0 Å². The minimum absolute atomic E-state index is 0.0416. The molecule has 1 N–H and O–H groups in total. The van der Waals surface area contributed by atoms with Gasteiger partial charge in [0.2, 0.25) is 11.7 Å². The Kier molecular flexibility index (Phi) is 5.59. The second-order valence-corrected chi connectivity index (χ2v) is 6.98. The fourth-order valence-corrected chi connectivity index (χ4v) is 2.80. The number of nitrogens with zero attached hydrogens (tertiary/aromatic N) is 2. The maximum atomic E-state index is 12.6. The predicted molar refractivity (Wildman–Crippen MR) is 101 cm³/mol. The van der Waals surface area contributed by atoms with Crippen molar-refractivity contribution in [1.82, 2.24) is 15.5 Å². The number of hydrogen-bond acceptors (Lipinski definition) is 4. The first kappa shape index (κ1) is 18.4. The van der Waals surface area contributed by atoms with Crippen LogP contribution in [-0.4, -0.2) is 16.0 Å². The van der Waals surface area contributed by atoms with Gasteiger partial charge in [0, 0.05) is 10.6 Å². The van der Waals surface area contributed by atoms with Crippen LogP contribution in [0.1, 0.15) is 36.1 Å². The van der Waals surface area contributed by atoms with Crippen LogP contribution in [0.4, 0.5) is 0 Å². The number of halogens is 2. The molecule has 3 aromatic rings. The molecule has 0 aliphatic rings.